The van der Waals surface area contributed by atoms with Gasteiger partial charge < -0.3 is 0 Å². The first-order valence-electron chi connectivity index (χ1n) is 7.81. The van der Waals surface area contributed by atoms with Gasteiger partial charge >= 0.3 is 0 Å². The zero-order valence-electron chi connectivity index (χ0n) is 13.8. The summed E-state index contributed by atoms with van der Waals surface area (Å²) in [5.74, 6) is -0.592. The van der Waals surface area contributed by atoms with Crippen molar-refractivity contribution in [1.29, 1.82) is 0 Å². The minimum atomic E-state index is -3.77. The number of amides is 1. The van der Waals surface area contributed by atoms with E-state index >= 15 is 0 Å². The van der Waals surface area contributed by atoms with Crippen molar-refractivity contribution in [3.05, 3.63) is 66.2 Å². The smallest absolute Gasteiger partial charge is 0.257 e. The van der Waals surface area contributed by atoms with E-state index in [1.807, 2.05) is 44.2 Å². The van der Waals surface area contributed by atoms with Gasteiger partial charge in [0.1, 0.15) is 0 Å². The molecule has 0 aromatic heterocycles. The Hall–Kier alpha value is -2.18. The second-order valence-corrected chi connectivity index (χ2v) is 7.63. The molecule has 0 bridgehead atoms. The summed E-state index contributed by atoms with van der Waals surface area (Å²) in [6, 6.07) is 17.6. The molecule has 0 saturated carbocycles. The molecule has 1 amide bonds. The third kappa shape index (κ3) is 4.91. The Kier molecular flexibility index (Phi) is 6.11. The molecule has 0 spiro atoms. The van der Waals surface area contributed by atoms with Crippen LogP contribution in [0.4, 0.5) is 0 Å². The van der Waals surface area contributed by atoms with E-state index in [-0.39, 0.29) is 22.6 Å². The van der Waals surface area contributed by atoms with E-state index in [0.29, 0.717) is 6.42 Å². The molecular formula is C18H22N2O3S. The number of carbonyl (C=O) groups excluding carboxylic acids is 1. The van der Waals surface area contributed by atoms with Gasteiger partial charge in [-0.15, -0.1) is 4.83 Å². The second kappa shape index (κ2) is 8.08. The fourth-order valence-corrected chi connectivity index (χ4v) is 3.24. The molecule has 1 atom stereocenters. The Morgan fingerprint density at radius 2 is 1.50 bits per heavy atom. The first kappa shape index (κ1) is 18.2. The molecule has 1 unspecified atom stereocenters. The number of hydrogen-bond acceptors (Lipinski definition) is 3. The van der Waals surface area contributed by atoms with Gasteiger partial charge in [-0.05, 0) is 30.0 Å². The molecule has 2 aromatic rings. The van der Waals surface area contributed by atoms with Crippen LogP contribution < -0.4 is 10.3 Å². The molecule has 2 rings (SSSR count). The van der Waals surface area contributed by atoms with E-state index in [1.165, 1.54) is 12.1 Å². The average molecular weight is 346 g/mol. The highest BCUT2D eigenvalue weighted by atomic mass is 32.2. The number of benzene rings is 2. The minimum absolute atomic E-state index is 0.0754. The van der Waals surface area contributed by atoms with Gasteiger partial charge in [0.15, 0.2) is 0 Å². The summed E-state index contributed by atoms with van der Waals surface area (Å²) >= 11 is 0. The van der Waals surface area contributed by atoms with Crippen molar-refractivity contribution in [1.82, 2.24) is 10.3 Å². The zero-order chi connectivity index (χ0) is 17.6. The normalized spacial score (nSPS) is 12.8. The van der Waals surface area contributed by atoms with Crippen molar-refractivity contribution in [2.24, 2.45) is 11.8 Å². The zero-order valence-corrected chi connectivity index (χ0v) is 14.6. The molecule has 6 heteroatoms. The Morgan fingerprint density at radius 3 is 2.04 bits per heavy atom. The van der Waals surface area contributed by atoms with Crippen molar-refractivity contribution in [2.45, 2.75) is 25.2 Å². The van der Waals surface area contributed by atoms with E-state index in [9.17, 15) is 13.2 Å². The molecule has 0 aliphatic carbocycles. The quantitative estimate of drug-likeness (QED) is 0.757. The van der Waals surface area contributed by atoms with Gasteiger partial charge in [0.05, 0.1) is 4.90 Å². The SMILES string of the molecule is CC(C)C(Cc1ccccc1)C(=O)NNS(=O)(=O)c1ccccc1. The molecule has 2 N–H and O–H groups in total. The van der Waals surface area contributed by atoms with Crippen LogP contribution >= 0.6 is 0 Å². The van der Waals surface area contributed by atoms with Crippen LogP contribution in [0.3, 0.4) is 0 Å². The number of carbonyl (C=O) groups is 1. The topological polar surface area (TPSA) is 75.3 Å². The molecule has 0 fully saturated rings. The maximum Gasteiger partial charge on any atom is 0.257 e. The Balaban J connectivity index is 2.03. The summed E-state index contributed by atoms with van der Waals surface area (Å²) < 4.78 is 24.3. The molecule has 128 valence electrons. The monoisotopic (exact) mass is 346 g/mol. The molecule has 2 aromatic carbocycles. The minimum Gasteiger partial charge on any atom is -0.277 e. The van der Waals surface area contributed by atoms with E-state index in [2.05, 4.69) is 10.3 Å². The predicted octanol–water partition coefficient (Wildman–Crippen LogP) is 2.51. The van der Waals surface area contributed by atoms with Crippen molar-refractivity contribution < 1.29 is 13.2 Å². The molecule has 0 radical (unpaired) electrons. The number of rotatable bonds is 7. The van der Waals surface area contributed by atoms with Gasteiger partial charge in [-0.3, -0.25) is 10.2 Å². The average Bonchev–Trinajstić information content (AvgIpc) is 2.59. The fraction of sp³-hybridized carbons (Fsp3) is 0.278. The second-order valence-electron chi connectivity index (χ2n) is 5.95. The number of hydrazine groups is 1. The van der Waals surface area contributed by atoms with E-state index in [1.54, 1.807) is 18.2 Å². The Labute approximate surface area is 143 Å². The molecule has 5 nitrogen and oxygen atoms in total. The van der Waals surface area contributed by atoms with Crippen LogP contribution in [0.5, 0.6) is 0 Å². The number of nitrogens with one attached hydrogen (secondary N) is 2. The third-order valence-electron chi connectivity index (χ3n) is 3.80. The number of hydrogen-bond donors (Lipinski definition) is 2. The summed E-state index contributed by atoms with van der Waals surface area (Å²) in [5.41, 5.74) is 3.39. The summed E-state index contributed by atoms with van der Waals surface area (Å²) in [6.07, 6.45) is 0.553. The van der Waals surface area contributed by atoms with Gasteiger partial charge in [-0.1, -0.05) is 62.4 Å². The van der Waals surface area contributed by atoms with Gasteiger partial charge in [0.2, 0.25) is 5.91 Å². The van der Waals surface area contributed by atoms with Crippen molar-refractivity contribution in [3.63, 3.8) is 0 Å². The molecule has 0 aliphatic rings. The van der Waals surface area contributed by atoms with Crippen LogP contribution in [0.25, 0.3) is 0 Å². The van der Waals surface area contributed by atoms with Crippen LogP contribution in [0.1, 0.15) is 19.4 Å². The maximum atomic E-state index is 12.4. The van der Waals surface area contributed by atoms with E-state index in [4.69, 9.17) is 0 Å². The van der Waals surface area contributed by atoms with Crippen molar-refractivity contribution in [2.75, 3.05) is 0 Å². The first-order valence-corrected chi connectivity index (χ1v) is 9.29. The lowest BCUT2D eigenvalue weighted by Crippen LogP contribution is -2.46. The van der Waals surface area contributed by atoms with Crippen LogP contribution in [-0.4, -0.2) is 14.3 Å². The molecule has 0 heterocycles. The summed E-state index contributed by atoms with van der Waals surface area (Å²) in [4.78, 5) is 14.7. The highest BCUT2D eigenvalue weighted by molar-refractivity contribution is 7.89. The highest BCUT2D eigenvalue weighted by Gasteiger charge is 2.24. The Bertz CT molecular complexity index is 759. The van der Waals surface area contributed by atoms with Crippen LogP contribution in [0.2, 0.25) is 0 Å². The van der Waals surface area contributed by atoms with E-state index in [0.717, 1.165) is 5.56 Å². The summed E-state index contributed by atoms with van der Waals surface area (Å²) in [7, 11) is -3.77. The lowest BCUT2D eigenvalue weighted by molar-refractivity contribution is -0.126. The standard InChI is InChI=1S/C18H22N2O3S/c1-14(2)17(13-15-9-5-3-6-10-15)18(21)19-20-24(22,23)16-11-7-4-8-12-16/h3-12,14,17,20H,13H2,1-2H3,(H,19,21). The van der Waals surface area contributed by atoms with Crippen LogP contribution in [0.15, 0.2) is 65.6 Å². The van der Waals surface area contributed by atoms with Crippen LogP contribution in [-0.2, 0) is 21.2 Å². The van der Waals surface area contributed by atoms with Gasteiger partial charge in [0, 0.05) is 5.92 Å². The van der Waals surface area contributed by atoms with Gasteiger partial charge in [-0.25, -0.2) is 8.42 Å². The van der Waals surface area contributed by atoms with Gasteiger partial charge in [0.25, 0.3) is 10.0 Å². The van der Waals surface area contributed by atoms with Crippen molar-refractivity contribution in [3.8, 4) is 0 Å². The van der Waals surface area contributed by atoms with Crippen LogP contribution in [0, 0.1) is 11.8 Å². The molecule has 0 saturated heterocycles. The largest absolute Gasteiger partial charge is 0.277 e. The third-order valence-corrected chi connectivity index (χ3v) is 5.07. The molecular weight excluding hydrogens is 324 g/mol. The fourth-order valence-electron chi connectivity index (χ4n) is 2.37. The maximum absolute atomic E-state index is 12.4. The van der Waals surface area contributed by atoms with Gasteiger partial charge in [-0.2, -0.15) is 0 Å². The van der Waals surface area contributed by atoms with E-state index < -0.39 is 10.0 Å². The number of sulfonamides is 1. The lowest BCUT2D eigenvalue weighted by Gasteiger charge is -2.20. The van der Waals surface area contributed by atoms with Crippen molar-refractivity contribution >= 4 is 15.9 Å². The summed E-state index contributed by atoms with van der Waals surface area (Å²) in [5, 5.41) is 0. The first-order chi connectivity index (χ1) is 11.4. The Morgan fingerprint density at radius 1 is 0.958 bits per heavy atom. The molecule has 0 aliphatic heterocycles. The molecule has 24 heavy (non-hydrogen) atoms. The summed E-state index contributed by atoms with van der Waals surface area (Å²) in [6.45, 7) is 3.89. The predicted molar refractivity (Wildman–Crippen MR) is 93.4 cm³/mol. The highest BCUT2D eigenvalue weighted by Crippen LogP contribution is 2.17. The lowest BCUT2D eigenvalue weighted by atomic mass is 9.88.